The number of halogens is 1. The van der Waals surface area contributed by atoms with Crippen molar-refractivity contribution in [3.63, 3.8) is 0 Å². The first kappa shape index (κ1) is 24.1. The van der Waals surface area contributed by atoms with Crippen molar-refractivity contribution in [3.8, 4) is 11.1 Å². The second kappa shape index (κ2) is 9.86. The van der Waals surface area contributed by atoms with Crippen LogP contribution in [0.3, 0.4) is 0 Å². The number of H-pyrrole nitrogens is 2. The maximum atomic E-state index is 15.0. The Kier molecular flexibility index (Phi) is 6.08. The zero-order chi connectivity index (χ0) is 26.9. The number of hydrogen-bond donors (Lipinski definition) is 3. The molecule has 3 N–H and O–H groups in total. The number of benzene rings is 4. The molecule has 0 atom stereocenters. The van der Waals surface area contributed by atoms with Crippen LogP contribution in [0.2, 0.25) is 0 Å². The number of rotatable bonds is 6. The lowest BCUT2D eigenvalue weighted by molar-refractivity contribution is 0.201. The van der Waals surface area contributed by atoms with Crippen molar-refractivity contribution in [3.05, 3.63) is 124 Å². The fraction of sp³-hybridized carbons (Fsp3) is 0.0667. The van der Waals surface area contributed by atoms with Gasteiger partial charge in [-0.1, -0.05) is 60.7 Å². The Morgan fingerprint density at radius 3 is 2.46 bits per heavy atom. The largest absolute Gasteiger partial charge is 0.465 e. The number of fused-ring (bicyclic) bond motifs is 2. The Morgan fingerprint density at radius 2 is 1.67 bits per heavy atom. The van der Waals surface area contributed by atoms with Crippen LogP contribution in [0.25, 0.3) is 32.9 Å². The molecule has 2 aromatic heterocycles. The number of nitrogens with zero attached hydrogens (tertiary/aromatic N) is 3. The van der Waals surface area contributed by atoms with Crippen molar-refractivity contribution in [2.75, 3.05) is 4.90 Å². The van der Waals surface area contributed by atoms with Crippen molar-refractivity contribution >= 4 is 33.8 Å². The summed E-state index contributed by atoms with van der Waals surface area (Å²) in [6.07, 6.45) is -0.743. The van der Waals surface area contributed by atoms with E-state index in [0.29, 0.717) is 39.7 Å². The van der Waals surface area contributed by atoms with Gasteiger partial charge in [0, 0.05) is 17.4 Å². The van der Waals surface area contributed by atoms with Gasteiger partial charge in [-0.2, -0.15) is 5.10 Å². The van der Waals surface area contributed by atoms with E-state index >= 15 is 4.39 Å². The molecule has 2 heterocycles. The number of carboxylic acid groups (broad SMARTS) is 1. The maximum absolute atomic E-state index is 15.0. The highest BCUT2D eigenvalue weighted by molar-refractivity contribution is 5.89. The van der Waals surface area contributed by atoms with Crippen molar-refractivity contribution in [2.24, 2.45) is 0 Å². The highest BCUT2D eigenvalue weighted by Gasteiger charge is 2.19. The summed E-state index contributed by atoms with van der Waals surface area (Å²) in [5.74, 6) is -0.215. The Morgan fingerprint density at radius 1 is 0.897 bits per heavy atom. The van der Waals surface area contributed by atoms with Crippen LogP contribution in [0.1, 0.15) is 16.8 Å². The van der Waals surface area contributed by atoms with E-state index < -0.39 is 11.9 Å². The van der Waals surface area contributed by atoms with Crippen LogP contribution in [0, 0.1) is 5.82 Å². The average Bonchev–Trinajstić information content (AvgIpc) is 3.38. The maximum Gasteiger partial charge on any atom is 0.414 e. The van der Waals surface area contributed by atoms with Crippen molar-refractivity contribution in [2.45, 2.75) is 13.0 Å². The van der Waals surface area contributed by atoms with E-state index in [1.54, 1.807) is 42.5 Å². The van der Waals surface area contributed by atoms with Crippen LogP contribution < -0.4 is 10.5 Å². The van der Waals surface area contributed by atoms with Crippen LogP contribution in [0.4, 0.5) is 15.1 Å². The molecule has 6 rings (SSSR count). The molecule has 0 unspecified atom stereocenters. The lowest BCUT2D eigenvalue weighted by atomic mass is 9.98. The normalized spacial score (nSPS) is 11.2. The molecular weight excluding hydrogens is 497 g/mol. The first-order valence-electron chi connectivity index (χ1n) is 12.3. The van der Waals surface area contributed by atoms with Crippen LogP contribution >= 0.6 is 0 Å². The van der Waals surface area contributed by atoms with E-state index in [0.717, 1.165) is 21.4 Å². The third-order valence-electron chi connectivity index (χ3n) is 6.63. The summed E-state index contributed by atoms with van der Waals surface area (Å²) in [4.78, 5) is 32.8. The summed E-state index contributed by atoms with van der Waals surface area (Å²) < 4.78 is 15.0. The molecule has 0 radical (unpaired) electrons. The molecule has 192 valence electrons. The van der Waals surface area contributed by atoms with E-state index in [4.69, 9.17) is 0 Å². The summed E-state index contributed by atoms with van der Waals surface area (Å²) in [7, 11) is 0. The molecule has 6 aromatic rings. The SMILES string of the molecule is O=C(O)N(Cc1ccccc1)c1nc2cc(-c3cc(Cc4n[nH]c(=O)c5ccccc45)ccc3F)ccc2[nH]1. The van der Waals surface area contributed by atoms with Gasteiger partial charge in [-0.15, -0.1) is 0 Å². The molecule has 0 saturated carbocycles. The second-order valence-electron chi connectivity index (χ2n) is 9.18. The van der Waals surface area contributed by atoms with Gasteiger partial charge < -0.3 is 10.1 Å². The predicted octanol–water partition coefficient (Wildman–Crippen LogP) is 5.88. The first-order chi connectivity index (χ1) is 19.0. The highest BCUT2D eigenvalue weighted by Crippen LogP contribution is 2.29. The molecule has 0 saturated heterocycles. The van der Waals surface area contributed by atoms with Gasteiger partial charge in [0.15, 0.2) is 0 Å². The summed E-state index contributed by atoms with van der Waals surface area (Å²) in [6, 6.07) is 26.6. The Hall–Kier alpha value is -5.31. The van der Waals surface area contributed by atoms with E-state index in [1.807, 2.05) is 42.5 Å². The first-order valence-corrected chi connectivity index (χ1v) is 12.3. The zero-order valence-electron chi connectivity index (χ0n) is 20.6. The lowest BCUT2D eigenvalue weighted by Gasteiger charge is -2.15. The second-order valence-corrected chi connectivity index (χ2v) is 9.18. The van der Waals surface area contributed by atoms with Gasteiger partial charge >= 0.3 is 6.09 Å². The highest BCUT2D eigenvalue weighted by atomic mass is 19.1. The van der Waals surface area contributed by atoms with Gasteiger partial charge in [-0.25, -0.2) is 24.2 Å². The van der Waals surface area contributed by atoms with Crippen LogP contribution in [0.5, 0.6) is 0 Å². The summed E-state index contributed by atoms with van der Waals surface area (Å²) in [5.41, 5.74) is 4.20. The molecule has 9 heteroatoms. The van der Waals surface area contributed by atoms with Crippen molar-refractivity contribution in [1.82, 2.24) is 20.2 Å². The van der Waals surface area contributed by atoms with Gasteiger partial charge in [0.1, 0.15) is 5.82 Å². The number of carbonyl (C=O) groups is 1. The molecule has 0 aliphatic carbocycles. The van der Waals surface area contributed by atoms with Crippen LogP contribution in [0.15, 0.2) is 95.8 Å². The zero-order valence-corrected chi connectivity index (χ0v) is 20.6. The molecule has 8 nitrogen and oxygen atoms in total. The van der Waals surface area contributed by atoms with E-state index in [2.05, 4.69) is 20.2 Å². The van der Waals surface area contributed by atoms with E-state index in [1.165, 1.54) is 6.07 Å². The summed E-state index contributed by atoms with van der Waals surface area (Å²) in [5, 5.41) is 17.9. The number of nitrogens with one attached hydrogen (secondary N) is 2. The molecular formula is C30H22FN5O3. The molecule has 0 bridgehead atoms. The van der Waals surface area contributed by atoms with Crippen molar-refractivity contribution < 1.29 is 14.3 Å². The minimum Gasteiger partial charge on any atom is -0.465 e. The minimum atomic E-state index is -1.14. The lowest BCUT2D eigenvalue weighted by Crippen LogP contribution is -2.29. The molecule has 0 fully saturated rings. The Balaban J connectivity index is 1.33. The van der Waals surface area contributed by atoms with Crippen LogP contribution in [-0.2, 0) is 13.0 Å². The molecule has 0 spiro atoms. The van der Waals surface area contributed by atoms with Gasteiger partial charge in [0.2, 0.25) is 5.95 Å². The van der Waals surface area contributed by atoms with E-state index in [-0.39, 0.29) is 18.1 Å². The topological polar surface area (TPSA) is 115 Å². The average molecular weight is 520 g/mol. The summed E-state index contributed by atoms with van der Waals surface area (Å²) >= 11 is 0. The molecule has 1 amide bonds. The summed E-state index contributed by atoms with van der Waals surface area (Å²) in [6.45, 7) is 0.132. The number of imidazole rings is 1. The standard InChI is InChI=1S/C30H22FN5O3/c31-24-12-10-19(15-26-21-8-4-5-9-22(21)28(37)35-34-26)14-23(24)20-11-13-25-27(16-20)33-29(32-25)36(30(38)39)17-18-6-2-1-3-7-18/h1-14,16H,15,17H2,(H,32,33)(H,35,37)(H,38,39). The molecule has 39 heavy (non-hydrogen) atoms. The Labute approximate surface area is 221 Å². The number of aromatic nitrogens is 4. The van der Waals surface area contributed by atoms with E-state index in [9.17, 15) is 14.7 Å². The third-order valence-corrected chi connectivity index (χ3v) is 6.63. The fourth-order valence-electron chi connectivity index (χ4n) is 4.69. The Bertz CT molecular complexity index is 1900. The van der Waals surface area contributed by atoms with Crippen molar-refractivity contribution in [1.29, 1.82) is 0 Å². The number of hydrogen-bond acceptors (Lipinski definition) is 4. The fourth-order valence-corrected chi connectivity index (χ4v) is 4.69. The monoisotopic (exact) mass is 519 g/mol. The van der Waals surface area contributed by atoms with Gasteiger partial charge in [0.05, 0.1) is 28.7 Å². The number of amides is 1. The van der Waals surface area contributed by atoms with Gasteiger partial charge in [-0.3, -0.25) is 4.79 Å². The molecule has 0 aliphatic heterocycles. The minimum absolute atomic E-state index is 0.132. The van der Waals surface area contributed by atoms with Gasteiger partial charge in [0.25, 0.3) is 5.56 Å². The van der Waals surface area contributed by atoms with Crippen LogP contribution in [-0.4, -0.2) is 31.4 Å². The molecule has 4 aromatic carbocycles. The molecule has 0 aliphatic rings. The smallest absolute Gasteiger partial charge is 0.414 e. The van der Waals surface area contributed by atoms with Gasteiger partial charge in [-0.05, 0) is 47.0 Å². The predicted molar refractivity (Wildman–Crippen MR) is 147 cm³/mol. The third kappa shape index (κ3) is 4.73. The number of aromatic amines is 2. The quantitative estimate of drug-likeness (QED) is 0.254. The number of anilines is 1.